The van der Waals surface area contributed by atoms with Crippen molar-refractivity contribution in [1.82, 2.24) is 10.3 Å². The van der Waals surface area contributed by atoms with Crippen molar-refractivity contribution >= 4 is 12.0 Å². The number of piperidine rings is 1. The molecule has 2 amide bonds. The van der Waals surface area contributed by atoms with Crippen molar-refractivity contribution in [3.8, 4) is 0 Å². The van der Waals surface area contributed by atoms with Crippen LogP contribution in [0.5, 0.6) is 0 Å². The first-order valence-electron chi connectivity index (χ1n) is 7.80. The average Bonchev–Trinajstić information content (AvgIpc) is 3.19. The summed E-state index contributed by atoms with van der Waals surface area (Å²) in [6, 6.07) is -0.512. The lowest BCUT2D eigenvalue weighted by Gasteiger charge is -2.38. The topological polar surface area (TPSA) is 84.7 Å². The number of likely N-dealkylation sites (tertiary alicyclic amines) is 1. The van der Waals surface area contributed by atoms with Crippen LogP contribution in [0, 0.1) is 11.8 Å². The summed E-state index contributed by atoms with van der Waals surface area (Å²) in [5, 5.41) is 0. The van der Waals surface area contributed by atoms with Gasteiger partial charge >= 0.3 is 6.09 Å². The largest absolute Gasteiger partial charge is 0.444 e. The quantitative estimate of drug-likeness (QED) is 0.472. The van der Waals surface area contributed by atoms with Gasteiger partial charge in [-0.3, -0.25) is 15.1 Å². The Kier molecular flexibility index (Phi) is 4.76. The lowest BCUT2D eigenvalue weighted by atomic mass is 9.86. The first kappa shape index (κ1) is 16.1. The fourth-order valence-electron chi connectivity index (χ4n) is 2.96. The molecule has 6 nitrogen and oxygen atoms in total. The third kappa shape index (κ3) is 4.59. The summed E-state index contributed by atoms with van der Waals surface area (Å²) in [6.07, 6.45) is 4.96. The number of hydrazine groups is 1. The van der Waals surface area contributed by atoms with Gasteiger partial charge in [-0.15, -0.1) is 0 Å². The molecule has 0 radical (unpaired) electrons. The van der Waals surface area contributed by atoms with Crippen LogP contribution >= 0.6 is 0 Å². The standard InChI is InChI=1S/C15H27N3O3/c1-15(2,3)21-14(20)18-7-6-11(8-10-4-5-10)9-12(18)13(19)17-16/h10-12H,4-9,16H2,1-3H3,(H,17,19). The monoisotopic (exact) mass is 297 g/mol. The summed E-state index contributed by atoms with van der Waals surface area (Å²) in [5.74, 6) is 6.29. The van der Waals surface area contributed by atoms with Gasteiger partial charge in [0.05, 0.1) is 0 Å². The molecule has 0 bridgehead atoms. The highest BCUT2D eigenvalue weighted by molar-refractivity contribution is 5.85. The van der Waals surface area contributed by atoms with E-state index in [2.05, 4.69) is 5.43 Å². The molecule has 2 fully saturated rings. The molecular formula is C15H27N3O3. The second-order valence-electron chi connectivity index (χ2n) is 7.27. The molecule has 1 heterocycles. The number of carbonyl (C=O) groups is 2. The van der Waals surface area contributed by atoms with Crippen LogP contribution in [-0.4, -0.2) is 35.1 Å². The van der Waals surface area contributed by atoms with Gasteiger partial charge in [0, 0.05) is 6.54 Å². The normalized spacial score (nSPS) is 26.4. The number of rotatable bonds is 3. The molecule has 2 atom stereocenters. The van der Waals surface area contributed by atoms with E-state index in [0.29, 0.717) is 18.9 Å². The fourth-order valence-corrected chi connectivity index (χ4v) is 2.96. The number of nitrogens with zero attached hydrogens (tertiary/aromatic N) is 1. The van der Waals surface area contributed by atoms with Crippen LogP contribution in [0.4, 0.5) is 4.79 Å². The molecule has 0 spiro atoms. The van der Waals surface area contributed by atoms with Crippen LogP contribution in [0.1, 0.15) is 52.9 Å². The van der Waals surface area contributed by atoms with Gasteiger partial charge in [0.2, 0.25) is 0 Å². The molecule has 1 saturated heterocycles. The first-order valence-corrected chi connectivity index (χ1v) is 7.80. The van der Waals surface area contributed by atoms with E-state index >= 15 is 0 Å². The van der Waals surface area contributed by atoms with Crippen molar-refractivity contribution in [2.45, 2.75) is 64.5 Å². The molecule has 0 aromatic carbocycles. The number of carbonyl (C=O) groups excluding carboxylic acids is 2. The maximum Gasteiger partial charge on any atom is 0.410 e. The Morgan fingerprint density at radius 1 is 1.24 bits per heavy atom. The van der Waals surface area contributed by atoms with E-state index in [1.165, 1.54) is 17.7 Å². The van der Waals surface area contributed by atoms with Crippen LogP contribution in [0.25, 0.3) is 0 Å². The van der Waals surface area contributed by atoms with Crippen molar-refractivity contribution in [3.63, 3.8) is 0 Å². The molecular weight excluding hydrogens is 270 g/mol. The summed E-state index contributed by atoms with van der Waals surface area (Å²) in [5.41, 5.74) is 1.62. The molecule has 1 aliphatic heterocycles. The second kappa shape index (κ2) is 6.22. The van der Waals surface area contributed by atoms with E-state index in [0.717, 1.165) is 18.8 Å². The predicted octanol–water partition coefficient (Wildman–Crippen LogP) is 1.79. The van der Waals surface area contributed by atoms with Gasteiger partial charge in [0.25, 0.3) is 5.91 Å². The fraction of sp³-hybridized carbons (Fsp3) is 0.867. The van der Waals surface area contributed by atoms with Gasteiger partial charge in [-0.1, -0.05) is 12.8 Å². The number of amides is 2. The number of hydrogen-bond donors (Lipinski definition) is 2. The summed E-state index contributed by atoms with van der Waals surface area (Å²) in [6.45, 7) is 6.03. The minimum absolute atomic E-state index is 0.304. The average molecular weight is 297 g/mol. The van der Waals surface area contributed by atoms with Crippen molar-refractivity contribution in [1.29, 1.82) is 0 Å². The maximum atomic E-state index is 12.3. The Labute approximate surface area is 126 Å². The highest BCUT2D eigenvalue weighted by atomic mass is 16.6. The van der Waals surface area contributed by atoms with Crippen molar-refractivity contribution in [2.24, 2.45) is 17.7 Å². The molecule has 2 unspecified atom stereocenters. The predicted molar refractivity (Wildman–Crippen MR) is 79.1 cm³/mol. The zero-order valence-corrected chi connectivity index (χ0v) is 13.2. The van der Waals surface area contributed by atoms with Crippen LogP contribution in [0.2, 0.25) is 0 Å². The number of nitrogens with two attached hydrogens (primary N) is 1. The molecule has 6 heteroatoms. The number of hydrogen-bond acceptors (Lipinski definition) is 4. The minimum Gasteiger partial charge on any atom is -0.444 e. The van der Waals surface area contributed by atoms with Gasteiger partial charge in [-0.2, -0.15) is 0 Å². The Bertz CT molecular complexity index is 401. The molecule has 1 aliphatic carbocycles. The second-order valence-corrected chi connectivity index (χ2v) is 7.27. The van der Waals surface area contributed by atoms with E-state index in [1.54, 1.807) is 0 Å². The van der Waals surface area contributed by atoms with Crippen molar-refractivity contribution < 1.29 is 14.3 Å². The lowest BCUT2D eigenvalue weighted by molar-refractivity contribution is -0.128. The molecule has 3 N–H and O–H groups in total. The summed E-state index contributed by atoms with van der Waals surface area (Å²) in [4.78, 5) is 25.8. The Balaban J connectivity index is 2.01. The SMILES string of the molecule is CC(C)(C)OC(=O)N1CCC(CC2CC2)CC1C(=O)NN. The zero-order valence-electron chi connectivity index (χ0n) is 13.2. The van der Waals surface area contributed by atoms with Gasteiger partial charge in [0.15, 0.2) is 0 Å². The smallest absolute Gasteiger partial charge is 0.410 e. The molecule has 0 aromatic heterocycles. The van der Waals surface area contributed by atoms with Gasteiger partial charge in [-0.25, -0.2) is 10.6 Å². The molecule has 0 aromatic rings. The highest BCUT2D eigenvalue weighted by Crippen LogP contribution is 2.39. The van der Waals surface area contributed by atoms with Gasteiger partial charge < -0.3 is 4.74 Å². The lowest BCUT2D eigenvalue weighted by Crippen LogP contribution is -2.55. The van der Waals surface area contributed by atoms with E-state index in [4.69, 9.17) is 10.6 Å². The van der Waals surface area contributed by atoms with E-state index in [1.807, 2.05) is 20.8 Å². The van der Waals surface area contributed by atoms with Crippen LogP contribution in [0.15, 0.2) is 0 Å². The third-order valence-electron chi connectivity index (χ3n) is 4.15. The van der Waals surface area contributed by atoms with Gasteiger partial charge in [0.1, 0.15) is 11.6 Å². The minimum atomic E-state index is -0.564. The molecule has 2 aliphatic rings. The Morgan fingerprint density at radius 2 is 1.90 bits per heavy atom. The zero-order chi connectivity index (χ0) is 15.6. The van der Waals surface area contributed by atoms with Crippen LogP contribution < -0.4 is 11.3 Å². The van der Waals surface area contributed by atoms with Crippen LogP contribution in [0.3, 0.4) is 0 Å². The summed E-state index contributed by atoms with van der Waals surface area (Å²) in [7, 11) is 0. The maximum absolute atomic E-state index is 12.3. The van der Waals surface area contributed by atoms with E-state index < -0.39 is 17.7 Å². The van der Waals surface area contributed by atoms with Crippen molar-refractivity contribution in [3.05, 3.63) is 0 Å². The number of nitrogens with one attached hydrogen (secondary N) is 1. The molecule has 2 rings (SSSR count). The van der Waals surface area contributed by atoms with E-state index in [9.17, 15) is 9.59 Å². The van der Waals surface area contributed by atoms with Crippen molar-refractivity contribution in [2.75, 3.05) is 6.54 Å². The van der Waals surface area contributed by atoms with Crippen LogP contribution in [-0.2, 0) is 9.53 Å². The molecule has 21 heavy (non-hydrogen) atoms. The molecule has 120 valence electrons. The van der Waals surface area contributed by atoms with E-state index in [-0.39, 0.29) is 5.91 Å². The summed E-state index contributed by atoms with van der Waals surface area (Å²) < 4.78 is 5.40. The van der Waals surface area contributed by atoms with Gasteiger partial charge in [-0.05, 0) is 51.9 Å². The first-order chi connectivity index (χ1) is 9.80. The third-order valence-corrected chi connectivity index (χ3v) is 4.15. The highest BCUT2D eigenvalue weighted by Gasteiger charge is 2.39. The summed E-state index contributed by atoms with van der Waals surface area (Å²) >= 11 is 0. The number of ether oxygens (including phenoxy) is 1. The molecule has 1 saturated carbocycles. The Hall–Kier alpha value is -1.30. The Morgan fingerprint density at radius 3 is 2.43 bits per heavy atom.